The molecule has 0 unspecified atom stereocenters. The molecule has 21 heavy (non-hydrogen) atoms. The van der Waals surface area contributed by atoms with E-state index in [1.807, 2.05) is 6.92 Å². The molecule has 0 aromatic heterocycles. The van der Waals surface area contributed by atoms with E-state index in [1.54, 1.807) is 6.07 Å². The Morgan fingerprint density at radius 1 is 1.29 bits per heavy atom. The van der Waals surface area contributed by atoms with Gasteiger partial charge in [-0.3, -0.25) is 0 Å². The topological polar surface area (TPSA) is 78.4 Å². The number of anilines is 1. The summed E-state index contributed by atoms with van der Waals surface area (Å²) >= 11 is 0. The van der Waals surface area contributed by atoms with Crippen molar-refractivity contribution < 1.29 is 14.7 Å². The van der Waals surface area contributed by atoms with E-state index in [-0.39, 0.29) is 17.0 Å². The van der Waals surface area contributed by atoms with Crippen molar-refractivity contribution in [1.29, 1.82) is 0 Å². The van der Waals surface area contributed by atoms with Crippen molar-refractivity contribution in [3.05, 3.63) is 29.3 Å². The summed E-state index contributed by atoms with van der Waals surface area (Å²) in [5.41, 5.74) is 1.72. The van der Waals surface area contributed by atoms with Gasteiger partial charge in [0.25, 0.3) is 0 Å². The smallest absolute Gasteiger partial charge is 0.335 e. The van der Waals surface area contributed by atoms with Crippen LogP contribution in [0, 0.1) is 12.3 Å². The highest BCUT2D eigenvalue weighted by atomic mass is 16.4. The summed E-state index contributed by atoms with van der Waals surface area (Å²) in [6.07, 6.45) is 4.72. The lowest BCUT2D eigenvalue weighted by Crippen LogP contribution is -2.37. The number of hydrogen-bond donors (Lipinski definition) is 3. The molecule has 0 radical (unpaired) electrons. The Kier molecular flexibility index (Phi) is 4.50. The number of aromatic carboxylic acids is 1. The number of carboxylic acid groups (broad SMARTS) is 1. The molecule has 0 saturated heterocycles. The molecular weight excluding hydrogens is 268 g/mol. The zero-order chi connectivity index (χ0) is 15.5. The molecule has 0 atom stereocenters. The molecule has 0 heterocycles. The highest BCUT2D eigenvalue weighted by Gasteiger charge is 2.28. The second kappa shape index (κ2) is 6.16. The second-order valence-corrected chi connectivity index (χ2v) is 6.16. The number of carbonyl (C=O) groups excluding carboxylic acids is 1. The first-order valence-corrected chi connectivity index (χ1v) is 7.28. The minimum Gasteiger partial charge on any atom is -0.478 e. The van der Waals surface area contributed by atoms with Gasteiger partial charge in [-0.2, -0.15) is 0 Å². The molecule has 0 aliphatic heterocycles. The molecule has 0 spiro atoms. The van der Waals surface area contributed by atoms with Crippen molar-refractivity contribution >= 4 is 17.7 Å². The van der Waals surface area contributed by atoms with Crippen LogP contribution in [0.5, 0.6) is 0 Å². The Labute approximate surface area is 124 Å². The third kappa shape index (κ3) is 3.97. The average Bonchev–Trinajstić information content (AvgIpc) is 2.86. The Morgan fingerprint density at radius 3 is 2.57 bits per heavy atom. The molecule has 1 aliphatic carbocycles. The van der Waals surface area contributed by atoms with E-state index in [0.717, 1.165) is 18.4 Å². The van der Waals surface area contributed by atoms with Gasteiger partial charge >= 0.3 is 12.0 Å². The predicted molar refractivity (Wildman–Crippen MR) is 81.7 cm³/mol. The van der Waals surface area contributed by atoms with Crippen LogP contribution in [-0.2, 0) is 0 Å². The minimum atomic E-state index is -1.00. The van der Waals surface area contributed by atoms with Gasteiger partial charge < -0.3 is 15.7 Å². The number of urea groups is 1. The lowest BCUT2D eigenvalue weighted by Gasteiger charge is -2.23. The molecule has 1 saturated carbocycles. The first kappa shape index (κ1) is 15.4. The first-order valence-electron chi connectivity index (χ1n) is 7.28. The number of carbonyl (C=O) groups is 2. The fraction of sp³-hybridized carbons (Fsp3) is 0.500. The van der Waals surface area contributed by atoms with E-state index in [4.69, 9.17) is 5.11 Å². The van der Waals surface area contributed by atoms with Gasteiger partial charge in [-0.25, -0.2) is 9.59 Å². The highest BCUT2D eigenvalue weighted by molar-refractivity contribution is 5.93. The van der Waals surface area contributed by atoms with E-state index in [9.17, 15) is 9.59 Å². The second-order valence-electron chi connectivity index (χ2n) is 6.16. The number of hydrogen-bond acceptors (Lipinski definition) is 2. The van der Waals surface area contributed by atoms with Crippen LogP contribution in [0.15, 0.2) is 18.2 Å². The molecule has 0 bridgehead atoms. The summed E-state index contributed by atoms with van der Waals surface area (Å²) in [7, 11) is 0. The van der Waals surface area contributed by atoms with Gasteiger partial charge in [-0.15, -0.1) is 0 Å². The van der Waals surface area contributed by atoms with Crippen LogP contribution < -0.4 is 10.6 Å². The average molecular weight is 290 g/mol. The van der Waals surface area contributed by atoms with Crippen LogP contribution >= 0.6 is 0 Å². The van der Waals surface area contributed by atoms with Crippen molar-refractivity contribution in [2.24, 2.45) is 5.41 Å². The quantitative estimate of drug-likeness (QED) is 0.795. The van der Waals surface area contributed by atoms with Gasteiger partial charge in [0.1, 0.15) is 0 Å². The summed E-state index contributed by atoms with van der Waals surface area (Å²) in [6, 6.07) is 4.42. The fourth-order valence-corrected chi connectivity index (χ4v) is 2.76. The zero-order valence-corrected chi connectivity index (χ0v) is 12.5. The molecule has 1 fully saturated rings. The van der Waals surface area contributed by atoms with Crippen molar-refractivity contribution in [3.63, 3.8) is 0 Å². The third-order valence-electron chi connectivity index (χ3n) is 4.22. The number of nitrogens with one attached hydrogen (secondary N) is 2. The molecule has 5 nitrogen and oxygen atoms in total. The maximum absolute atomic E-state index is 12.0. The van der Waals surface area contributed by atoms with E-state index in [0.29, 0.717) is 12.2 Å². The molecule has 3 N–H and O–H groups in total. The zero-order valence-electron chi connectivity index (χ0n) is 12.5. The summed E-state index contributed by atoms with van der Waals surface area (Å²) < 4.78 is 0. The summed E-state index contributed by atoms with van der Waals surface area (Å²) in [5.74, 6) is -1.00. The summed E-state index contributed by atoms with van der Waals surface area (Å²) in [4.78, 5) is 22.9. The van der Waals surface area contributed by atoms with Gasteiger partial charge in [0, 0.05) is 12.2 Å². The van der Waals surface area contributed by atoms with Crippen molar-refractivity contribution in [2.75, 3.05) is 11.9 Å². The summed E-state index contributed by atoms with van der Waals surface area (Å²) in [5, 5.41) is 14.6. The minimum absolute atomic E-state index is 0.165. The van der Waals surface area contributed by atoms with E-state index in [2.05, 4.69) is 17.6 Å². The van der Waals surface area contributed by atoms with Gasteiger partial charge in [0.05, 0.1) is 5.56 Å². The van der Waals surface area contributed by atoms with E-state index in [1.165, 1.54) is 25.0 Å². The Balaban J connectivity index is 1.96. The third-order valence-corrected chi connectivity index (χ3v) is 4.22. The molecule has 1 aromatic carbocycles. The predicted octanol–water partition coefficient (Wildman–Crippen LogP) is 3.40. The number of amides is 2. The van der Waals surface area contributed by atoms with Gasteiger partial charge in [0.2, 0.25) is 0 Å². The van der Waals surface area contributed by atoms with Crippen LogP contribution in [0.4, 0.5) is 10.5 Å². The van der Waals surface area contributed by atoms with E-state index >= 15 is 0 Å². The first-order chi connectivity index (χ1) is 9.89. The Morgan fingerprint density at radius 2 is 1.95 bits per heavy atom. The fourth-order valence-electron chi connectivity index (χ4n) is 2.76. The lowest BCUT2D eigenvalue weighted by molar-refractivity contribution is 0.0697. The van der Waals surface area contributed by atoms with Gasteiger partial charge in [0.15, 0.2) is 0 Å². The normalized spacial score (nSPS) is 16.5. The molecule has 5 heteroatoms. The van der Waals surface area contributed by atoms with Gasteiger partial charge in [-0.05, 0) is 42.9 Å². The van der Waals surface area contributed by atoms with Crippen molar-refractivity contribution in [1.82, 2.24) is 5.32 Å². The van der Waals surface area contributed by atoms with Crippen LogP contribution in [0.3, 0.4) is 0 Å². The maximum Gasteiger partial charge on any atom is 0.335 e. The molecule has 2 amide bonds. The Bertz CT molecular complexity index is 548. The molecule has 2 rings (SSSR count). The number of benzene rings is 1. The molecular formula is C16H22N2O3. The van der Waals surface area contributed by atoms with Crippen LogP contribution in [0.1, 0.15) is 48.5 Å². The lowest BCUT2D eigenvalue weighted by atomic mass is 9.89. The highest BCUT2D eigenvalue weighted by Crippen LogP contribution is 2.36. The SMILES string of the molecule is Cc1ccc(C(=O)O)cc1NC(=O)NCC1(C)CCCC1. The monoisotopic (exact) mass is 290 g/mol. The maximum atomic E-state index is 12.0. The summed E-state index contributed by atoms with van der Waals surface area (Å²) in [6.45, 7) is 4.67. The van der Waals surface area contributed by atoms with Crippen molar-refractivity contribution in [3.8, 4) is 0 Å². The molecule has 1 aliphatic rings. The van der Waals surface area contributed by atoms with Crippen LogP contribution in [0.25, 0.3) is 0 Å². The van der Waals surface area contributed by atoms with E-state index < -0.39 is 5.97 Å². The standard InChI is InChI=1S/C16H22N2O3/c1-11-5-6-12(14(19)20)9-13(11)18-15(21)17-10-16(2)7-3-4-8-16/h5-6,9H,3-4,7-8,10H2,1-2H3,(H,19,20)(H2,17,18,21). The number of aryl methyl sites for hydroxylation is 1. The molecule has 1 aromatic rings. The van der Waals surface area contributed by atoms with Crippen LogP contribution in [0.2, 0.25) is 0 Å². The van der Waals surface area contributed by atoms with Crippen molar-refractivity contribution in [2.45, 2.75) is 39.5 Å². The molecule has 114 valence electrons. The number of rotatable bonds is 4. The largest absolute Gasteiger partial charge is 0.478 e. The Hall–Kier alpha value is -2.04. The van der Waals surface area contributed by atoms with Crippen LogP contribution in [-0.4, -0.2) is 23.7 Å². The van der Waals surface area contributed by atoms with Gasteiger partial charge in [-0.1, -0.05) is 25.8 Å². The number of carboxylic acids is 1.